The van der Waals surface area contributed by atoms with Crippen LogP contribution in [0, 0.1) is 0 Å². The van der Waals surface area contributed by atoms with E-state index in [9.17, 15) is 4.79 Å². The molecule has 0 N–H and O–H groups in total. The average Bonchev–Trinajstić information content (AvgIpc) is 3.34. The second-order valence-electron chi connectivity index (χ2n) is 5.92. The van der Waals surface area contributed by atoms with Crippen LogP contribution in [0.2, 0.25) is 0 Å². The summed E-state index contributed by atoms with van der Waals surface area (Å²) in [5, 5.41) is 4.04. The molecule has 1 amide bonds. The van der Waals surface area contributed by atoms with Crippen LogP contribution in [0.5, 0.6) is 5.75 Å². The molecule has 1 aliphatic heterocycles. The summed E-state index contributed by atoms with van der Waals surface area (Å²) in [4.78, 5) is 14.7. The number of furan rings is 1. The van der Waals surface area contributed by atoms with Gasteiger partial charge in [0.25, 0.3) is 5.91 Å². The maximum Gasteiger partial charge on any atom is 0.276 e. The first-order valence-electron chi connectivity index (χ1n) is 8.29. The van der Waals surface area contributed by atoms with Gasteiger partial charge in [-0.1, -0.05) is 17.3 Å². The molecule has 1 aliphatic rings. The van der Waals surface area contributed by atoms with Gasteiger partial charge in [-0.05, 0) is 24.3 Å². The molecule has 0 saturated heterocycles. The zero-order valence-electron chi connectivity index (χ0n) is 14.3. The van der Waals surface area contributed by atoms with E-state index < -0.39 is 0 Å². The number of hydrogen-bond donors (Lipinski definition) is 0. The monoisotopic (exact) mass is 354 g/mol. The number of methoxy groups -OCH3 is 1. The van der Waals surface area contributed by atoms with Crippen LogP contribution in [0.3, 0.4) is 0 Å². The van der Waals surface area contributed by atoms with Crippen molar-refractivity contribution in [2.75, 3.05) is 20.3 Å². The Bertz CT molecular complexity index is 901. The zero-order valence-corrected chi connectivity index (χ0v) is 14.3. The van der Waals surface area contributed by atoms with Crippen molar-refractivity contribution in [2.24, 2.45) is 0 Å². The van der Waals surface area contributed by atoms with Gasteiger partial charge in [-0.2, -0.15) is 0 Å². The quantitative estimate of drug-likeness (QED) is 0.677. The molecule has 0 radical (unpaired) electrons. The van der Waals surface area contributed by atoms with Crippen LogP contribution in [0.25, 0.3) is 11.3 Å². The van der Waals surface area contributed by atoms with E-state index in [1.54, 1.807) is 24.3 Å². The maximum atomic E-state index is 13.1. The summed E-state index contributed by atoms with van der Waals surface area (Å²) >= 11 is 0. The number of carbonyl (C=O) groups excluding carboxylic acids is 1. The summed E-state index contributed by atoms with van der Waals surface area (Å²) in [7, 11) is 1.60. The third-order valence-electron chi connectivity index (χ3n) is 4.27. The number of hydrogen-bond acceptors (Lipinski definition) is 6. The van der Waals surface area contributed by atoms with Crippen LogP contribution in [-0.4, -0.2) is 36.2 Å². The van der Waals surface area contributed by atoms with Gasteiger partial charge in [0.2, 0.25) is 0 Å². The summed E-state index contributed by atoms with van der Waals surface area (Å²) in [5.41, 5.74) is 1.72. The molecule has 0 spiro atoms. The highest BCUT2D eigenvalue weighted by molar-refractivity contribution is 5.95. The van der Waals surface area contributed by atoms with Crippen LogP contribution in [0.1, 0.15) is 21.8 Å². The van der Waals surface area contributed by atoms with Crippen molar-refractivity contribution in [2.45, 2.75) is 13.2 Å². The number of aromatic nitrogens is 1. The lowest BCUT2D eigenvalue weighted by Crippen LogP contribution is -2.34. The van der Waals surface area contributed by atoms with Crippen molar-refractivity contribution in [3.05, 3.63) is 59.7 Å². The third-order valence-corrected chi connectivity index (χ3v) is 4.27. The molecule has 7 heteroatoms. The molecule has 0 saturated carbocycles. The topological polar surface area (TPSA) is 77.9 Å². The highest BCUT2D eigenvalue weighted by atomic mass is 16.5. The Hall–Kier alpha value is -3.06. The Labute approximate surface area is 150 Å². The molecular weight excluding hydrogens is 336 g/mol. The summed E-state index contributed by atoms with van der Waals surface area (Å²) in [6, 6.07) is 11.1. The number of nitrogens with zero attached hydrogens (tertiary/aromatic N) is 2. The van der Waals surface area contributed by atoms with E-state index in [-0.39, 0.29) is 18.2 Å². The smallest absolute Gasteiger partial charge is 0.276 e. The lowest BCUT2D eigenvalue weighted by Gasteiger charge is -2.21. The number of para-hydroxylation sites is 1. The molecule has 3 heterocycles. The molecule has 3 aromatic rings. The zero-order chi connectivity index (χ0) is 17.9. The minimum absolute atomic E-state index is 0.244. The molecule has 0 bridgehead atoms. The summed E-state index contributed by atoms with van der Waals surface area (Å²) in [6.07, 6.45) is 1.58. The molecule has 0 aliphatic carbocycles. The summed E-state index contributed by atoms with van der Waals surface area (Å²) in [5.74, 6) is 1.75. The van der Waals surface area contributed by atoms with Gasteiger partial charge < -0.3 is 23.3 Å². The van der Waals surface area contributed by atoms with Gasteiger partial charge in [-0.15, -0.1) is 0 Å². The lowest BCUT2D eigenvalue weighted by molar-refractivity contribution is 0.0654. The molecule has 4 rings (SSSR count). The van der Waals surface area contributed by atoms with Crippen molar-refractivity contribution >= 4 is 5.91 Å². The van der Waals surface area contributed by atoms with E-state index in [2.05, 4.69) is 5.16 Å². The number of benzene rings is 1. The predicted octanol–water partition coefficient (Wildman–Crippen LogP) is 3.12. The van der Waals surface area contributed by atoms with Crippen LogP contribution in [0.15, 0.2) is 51.6 Å². The highest BCUT2D eigenvalue weighted by Crippen LogP contribution is 2.38. The van der Waals surface area contributed by atoms with Gasteiger partial charge in [0, 0.05) is 13.7 Å². The molecule has 0 unspecified atom stereocenters. The Balaban J connectivity index is 1.64. The predicted molar refractivity (Wildman–Crippen MR) is 91.6 cm³/mol. The molecule has 26 heavy (non-hydrogen) atoms. The molecule has 134 valence electrons. The second-order valence-corrected chi connectivity index (χ2v) is 5.92. The fourth-order valence-electron chi connectivity index (χ4n) is 2.95. The van der Waals surface area contributed by atoms with Crippen LogP contribution in [0.4, 0.5) is 0 Å². The lowest BCUT2D eigenvalue weighted by atomic mass is 10.0. The number of fused-ring (bicyclic) bond motifs is 3. The largest absolute Gasteiger partial charge is 0.488 e. The fourth-order valence-corrected chi connectivity index (χ4v) is 2.95. The van der Waals surface area contributed by atoms with Crippen LogP contribution < -0.4 is 4.74 Å². The Morgan fingerprint density at radius 1 is 1.27 bits per heavy atom. The van der Waals surface area contributed by atoms with E-state index in [1.165, 1.54) is 0 Å². The SMILES string of the molecule is COCCN(Cc1ccco1)C(=O)c1noc2c1COc1ccccc1-2. The van der Waals surface area contributed by atoms with Crippen molar-refractivity contribution in [1.82, 2.24) is 10.1 Å². The highest BCUT2D eigenvalue weighted by Gasteiger charge is 2.31. The van der Waals surface area contributed by atoms with E-state index in [0.717, 1.165) is 11.3 Å². The number of rotatable bonds is 6. The number of ether oxygens (including phenoxy) is 2. The minimum atomic E-state index is -0.244. The fraction of sp³-hybridized carbons (Fsp3) is 0.263. The normalized spacial score (nSPS) is 12.2. The maximum absolute atomic E-state index is 13.1. The first kappa shape index (κ1) is 16.4. The Morgan fingerprint density at radius 3 is 2.96 bits per heavy atom. The third kappa shape index (κ3) is 2.97. The van der Waals surface area contributed by atoms with Gasteiger partial charge in [0.05, 0.1) is 30.5 Å². The van der Waals surface area contributed by atoms with Gasteiger partial charge in [-0.25, -0.2) is 0 Å². The van der Waals surface area contributed by atoms with E-state index >= 15 is 0 Å². The summed E-state index contributed by atoms with van der Waals surface area (Å²) in [6.45, 7) is 1.39. The average molecular weight is 354 g/mol. The van der Waals surface area contributed by atoms with Crippen LogP contribution in [-0.2, 0) is 17.9 Å². The van der Waals surface area contributed by atoms with Gasteiger partial charge in [-0.3, -0.25) is 4.79 Å². The summed E-state index contributed by atoms with van der Waals surface area (Å²) < 4.78 is 21.7. The second kappa shape index (κ2) is 7.05. The Morgan fingerprint density at radius 2 is 2.15 bits per heavy atom. The van der Waals surface area contributed by atoms with Gasteiger partial charge in [0.15, 0.2) is 11.5 Å². The number of carbonyl (C=O) groups is 1. The van der Waals surface area contributed by atoms with E-state index in [4.69, 9.17) is 18.4 Å². The Kier molecular flexibility index (Phi) is 4.45. The van der Waals surface area contributed by atoms with Gasteiger partial charge in [0.1, 0.15) is 18.1 Å². The van der Waals surface area contributed by atoms with Crippen molar-refractivity contribution < 1.29 is 23.2 Å². The van der Waals surface area contributed by atoms with E-state index in [1.807, 2.05) is 30.3 Å². The molecule has 7 nitrogen and oxygen atoms in total. The minimum Gasteiger partial charge on any atom is -0.488 e. The molecule has 0 fully saturated rings. The van der Waals surface area contributed by atoms with Crippen molar-refractivity contribution in [1.29, 1.82) is 0 Å². The van der Waals surface area contributed by atoms with Crippen LogP contribution >= 0.6 is 0 Å². The van der Waals surface area contributed by atoms with Crippen molar-refractivity contribution in [3.63, 3.8) is 0 Å². The standard InChI is InChI=1S/C19H18N2O5/c1-23-10-8-21(11-13-5-4-9-24-13)19(22)17-15-12-25-16-7-3-2-6-14(16)18(15)26-20-17/h2-7,9H,8,10-12H2,1H3. The molecule has 2 aromatic heterocycles. The van der Waals surface area contributed by atoms with Crippen molar-refractivity contribution in [3.8, 4) is 17.1 Å². The van der Waals surface area contributed by atoms with E-state index in [0.29, 0.717) is 36.8 Å². The molecular formula is C19H18N2O5. The number of amides is 1. The first-order chi connectivity index (χ1) is 12.8. The molecule has 1 aromatic carbocycles. The van der Waals surface area contributed by atoms with Gasteiger partial charge >= 0.3 is 0 Å². The first-order valence-corrected chi connectivity index (χ1v) is 8.29. The molecule has 0 atom stereocenters.